The second-order valence-electron chi connectivity index (χ2n) is 4.83. The van der Waals surface area contributed by atoms with Crippen molar-refractivity contribution in [3.8, 4) is 5.75 Å². The molecule has 0 aromatic heterocycles. The number of Topliss-reactive ketones (excluding diaryl/α,β-unsaturated/α-hetero) is 1. The van der Waals surface area contributed by atoms with Gasteiger partial charge in [-0.1, -0.05) is 0 Å². The Morgan fingerprint density at radius 2 is 1.74 bits per heavy atom. The van der Waals surface area contributed by atoms with Crippen LogP contribution in [0.15, 0.2) is 24.3 Å². The summed E-state index contributed by atoms with van der Waals surface area (Å²) in [5, 5.41) is 18.7. The highest BCUT2D eigenvalue weighted by atomic mass is 16.7. The van der Waals surface area contributed by atoms with Gasteiger partial charge in [0.1, 0.15) is 11.4 Å². The van der Waals surface area contributed by atoms with Crippen molar-refractivity contribution < 1.29 is 24.5 Å². The van der Waals surface area contributed by atoms with Crippen LogP contribution in [0.4, 0.5) is 0 Å². The van der Waals surface area contributed by atoms with Gasteiger partial charge in [0.2, 0.25) is 0 Å². The molecule has 2 N–H and O–H groups in total. The van der Waals surface area contributed by atoms with Crippen molar-refractivity contribution in [3.63, 3.8) is 0 Å². The van der Waals surface area contributed by atoms with Gasteiger partial charge in [-0.05, 0) is 52.0 Å². The second-order valence-corrected chi connectivity index (χ2v) is 4.83. The van der Waals surface area contributed by atoms with E-state index in [1.807, 2.05) is 0 Å². The van der Waals surface area contributed by atoms with Gasteiger partial charge in [-0.25, -0.2) is 0 Å². The summed E-state index contributed by atoms with van der Waals surface area (Å²) in [4.78, 5) is 11.8. The van der Waals surface area contributed by atoms with Crippen LogP contribution in [-0.4, -0.2) is 34.2 Å². The molecule has 0 spiro atoms. The third-order valence-corrected chi connectivity index (χ3v) is 2.36. The largest absolute Gasteiger partial charge is 0.465 e. The summed E-state index contributed by atoms with van der Waals surface area (Å²) in [6.45, 7) is 6.03. The van der Waals surface area contributed by atoms with Gasteiger partial charge in [0.25, 0.3) is 0 Å². The number of hydrogen-bond acceptors (Lipinski definition) is 5. The lowest BCUT2D eigenvalue weighted by Crippen LogP contribution is -2.31. The maximum atomic E-state index is 11.8. The SMILES string of the molecule is CC(O)OC(C)Oc1ccc(C(=O)C(C)(C)O)cc1. The predicted molar refractivity (Wildman–Crippen MR) is 69.9 cm³/mol. The fourth-order valence-electron chi connectivity index (χ4n) is 1.53. The van der Waals surface area contributed by atoms with Crippen molar-refractivity contribution in [2.45, 2.75) is 45.9 Å². The minimum atomic E-state index is -1.40. The van der Waals surface area contributed by atoms with E-state index >= 15 is 0 Å². The maximum Gasteiger partial charge on any atom is 0.199 e. The van der Waals surface area contributed by atoms with Gasteiger partial charge in [-0.15, -0.1) is 0 Å². The molecule has 0 bridgehead atoms. The maximum absolute atomic E-state index is 11.8. The summed E-state index contributed by atoms with van der Waals surface area (Å²) in [5.41, 5.74) is -0.991. The number of ketones is 1. The number of aliphatic hydroxyl groups is 2. The van der Waals surface area contributed by atoms with Crippen LogP contribution >= 0.6 is 0 Å². The zero-order valence-corrected chi connectivity index (χ0v) is 11.6. The van der Waals surface area contributed by atoms with Crippen molar-refractivity contribution in [2.75, 3.05) is 0 Å². The van der Waals surface area contributed by atoms with E-state index in [9.17, 15) is 9.90 Å². The molecule has 19 heavy (non-hydrogen) atoms. The highest BCUT2D eigenvalue weighted by Crippen LogP contribution is 2.18. The summed E-state index contributed by atoms with van der Waals surface area (Å²) in [6, 6.07) is 6.37. The molecule has 5 heteroatoms. The molecule has 0 heterocycles. The third-order valence-electron chi connectivity index (χ3n) is 2.36. The molecule has 0 aliphatic carbocycles. The number of hydrogen-bond donors (Lipinski definition) is 2. The van der Waals surface area contributed by atoms with Gasteiger partial charge in [0.05, 0.1) is 0 Å². The first-order chi connectivity index (χ1) is 8.70. The average molecular weight is 268 g/mol. The molecule has 5 nitrogen and oxygen atoms in total. The van der Waals surface area contributed by atoms with Crippen molar-refractivity contribution >= 4 is 5.78 Å². The lowest BCUT2D eigenvalue weighted by Gasteiger charge is -2.18. The quantitative estimate of drug-likeness (QED) is 0.607. The number of ether oxygens (including phenoxy) is 2. The zero-order valence-electron chi connectivity index (χ0n) is 11.6. The summed E-state index contributed by atoms with van der Waals surface area (Å²) in [5.74, 6) is 0.160. The van der Waals surface area contributed by atoms with Gasteiger partial charge in [-0.3, -0.25) is 4.79 Å². The smallest absolute Gasteiger partial charge is 0.199 e. The highest BCUT2D eigenvalue weighted by Gasteiger charge is 2.25. The summed E-state index contributed by atoms with van der Waals surface area (Å²) in [6.07, 6.45) is -1.51. The number of carbonyl (C=O) groups is 1. The molecule has 0 aliphatic heterocycles. The molecule has 1 rings (SSSR count). The molecule has 0 saturated heterocycles. The van der Waals surface area contributed by atoms with E-state index in [0.717, 1.165) is 0 Å². The molecule has 0 aliphatic rings. The molecule has 1 aromatic rings. The first-order valence-corrected chi connectivity index (χ1v) is 6.07. The fraction of sp³-hybridized carbons (Fsp3) is 0.500. The van der Waals surface area contributed by atoms with Gasteiger partial charge in [0.15, 0.2) is 18.4 Å². The van der Waals surface area contributed by atoms with Gasteiger partial charge in [-0.2, -0.15) is 0 Å². The molecule has 2 atom stereocenters. The third kappa shape index (κ3) is 4.98. The van der Waals surface area contributed by atoms with Crippen LogP contribution < -0.4 is 4.74 Å². The van der Waals surface area contributed by atoms with Crippen molar-refractivity contribution in [1.29, 1.82) is 0 Å². The Morgan fingerprint density at radius 1 is 1.21 bits per heavy atom. The lowest BCUT2D eigenvalue weighted by atomic mass is 9.97. The first kappa shape index (κ1) is 15.6. The minimum Gasteiger partial charge on any atom is -0.465 e. The van der Waals surface area contributed by atoms with Crippen molar-refractivity contribution in [1.82, 2.24) is 0 Å². The summed E-state index contributed by atoms with van der Waals surface area (Å²) < 4.78 is 10.4. The van der Waals surface area contributed by atoms with Crippen LogP contribution in [0.1, 0.15) is 38.1 Å². The molecule has 0 radical (unpaired) electrons. The molecular weight excluding hydrogens is 248 g/mol. The van der Waals surface area contributed by atoms with E-state index in [2.05, 4.69) is 0 Å². The van der Waals surface area contributed by atoms with Crippen molar-refractivity contribution in [2.24, 2.45) is 0 Å². The normalized spacial score (nSPS) is 14.8. The second kappa shape index (κ2) is 6.14. The number of benzene rings is 1. The number of rotatable bonds is 6. The van der Waals surface area contributed by atoms with Gasteiger partial charge >= 0.3 is 0 Å². The van der Waals surface area contributed by atoms with E-state index in [1.54, 1.807) is 31.2 Å². The Kier molecular flexibility index (Phi) is 5.05. The number of carbonyl (C=O) groups excluding carboxylic acids is 1. The molecule has 0 fully saturated rings. The Balaban J connectivity index is 2.69. The Morgan fingerprint density at radius 3 is 2.16 bits per heavy atom. The molecular formula is C14H20O5. The van der Waals surface area contributed by atoms with Crippen LogP contribution in [0.25, 0.3) is 0 Å². The molecule has 0 saturated carbocycles. The van der Waals surface area contributed by atoms with E-state index in [4.69, 9.17) is 14.6 Å². The Labute approximate surface area is 112 Å². The van der Waals surface area contributed by atoms with Crippen LogP contribution in [0, 0.1) is 0 Å². The van der Waals surface area contributed by atoms with Crippen LogP contribution in [-0.2, 0) is 4.74 Å². The molecule has 106 valence electrons. The molecule has 1 aromatic carbocycles. The van der Waals surface area contributed by atoms with Crippen molar-refractivity contribution in [3.05, 3.63) is 29.8 Å². The van der Waals surface area contributed by atoms with Crippen LogP contribution in [0.3, 0.4) is 0 Å². The predicted octanol–water partition coefficient (Wildman–Crippen LogP) is 1.72. The van der Waals surface area contributed by atoms with E-state index in [0.29, 0.717) is 11.3 Å². The Hall–Kier alpha value is -1.43. The first-order valence-electron chi connectivity index (χ1n) is 6.07. The number of aliphatic hydroxyl groups excluding tert-OH is 1. The minimum absolute atomic E-state index is 0.354. The van der Waals surface area contributed by atoms with Crippen LogP contribution in [0.5, 0.6) is 5.75 Å². The average Bonchev–Trinajstić information content (AvgIpc) is 2.26. The van der Waals surface area contributed by atoms with E-state index < -0.39 is 18.2 Å². The highest BCUT2D eigenvalue weighted by molar-refractivity contribution is 6.01. The summed E-state index contributed by atoms with van der Waals surface area (Å²) in [7, 11) is 0. The molecule has 0 amide bonds. The standard InChI is InChI=1S/C14H20O5/c1-9(15)18-10(2)19-12-7-5-11(6-8-12)13(16)14(3,4)17/h5-10,15,17H,1-4H3. The summed E-state index contributed by atoms with van der Waals surface area (Å²) >= 11 is 0. The Bertz CT molecular complexity index is 416. The van der Waals surface area contributed by atoms with Crippen LogP contribution in [0.2, 0.25) is 0 Å². The topological polar surface area (TPSA) is 76.0 Å². The zero-order chi connectivity index (χ0) is 14.6. The van der Waals surface area contributed by atoms with E-state index in [1.165, 1.54) is 20.8 Å². The fourth-order valence-corrected chi connectivity index (χ4v) is 1.53. The lowest BCUT2D eigenvalue weighted by molar-refractivity contribution is -0.179. The van der Waals surface area contributed by atoms with Gasteiger partial charge in [0, 0.05) is 5.56 Å². The monoisotopic (exact) mass is 268 g/mol. The van der Waals surface area contributed by atoms with Gasteiger partial charge < -0.3 is 19.7 Å². The van der Waals surface area contributed by atoms with E-state index in [-0.39, 0.29) is 5.78 Å². The molecule has 2 unspecified atom stereocenters.